The zero-order valence-corrected chi connectivity index (χ0v) is 68.1. The Balaban J connectivity index is 1.19. The van der Waals surface area contributed by atoms with E-state index in [4.69, 9.17) is 28.0 Å². The number of rotatable bonds is 25. The van der Waals surface area contributed by atoms with Crippen molar-refractivity contribution < 1.29 is 77.3 Å². The monoisotopic (exact) mass is 1700 g/mol. The predicted molar refractivity (Wildman–Crippen MR) is 445 cm³/mol. The van der Waals surface area contributed by atoms with Gasteiger partial charge in [0.2, 0.25) is 82.7 Å². The molecule has 652 valence electrons. The minimum absolute atomic E-state index is 0.00235. The number of likely N-dealkylation sites (N-methyl/N-ethyl adjacent to an activating group) is 1. The molecule has 0 spiro atoms. The molecule has 122 heavy (non-hydrogen) atoms. The largest absolute Gasteiger partial charge is 0.508 e. The molecule has 1 aliphatic rings. The first-order valence-electron chi connectivity index (χ1n) is 39.1. The van der Waals surface area contributed by atoms with E-state index in [0.29, 0.717) is 22.4 Å². The molecule has 0 unspecified atom stereocenters. The number of primary amides is 1. The van der Waals surface area contributed by atoms with Gasteiger partial charge >= 0.3 is 0 Å². The lowest BCUT2D eigenvalue weighted by Gasteiger charge is -2.33. The standard InChI is InChI=1S/C79H104N26O16S/c1-4-53-69(113)99-57(28-46-18-21-47-14-8-9-15-48(47)26-46)72(116)100-58(30-49-33-85-41-92-49)67(111)91-37-65(109)95-61(38-106)75(119)98-55(17-11-25-89-79(83)84)77(121)105(3)63(29-45-19-22-52(107)23-20-45)76(120)102-59(31-50-34-86-42-93-50)73(117)97-54(16-10-24-88-78(81)82)70(114)101-60(32-51-35-87-43-104(51)2)74(118)103-62(68(112)90-36-64(80)108)39-122-40-66(110)94-56(71(115)96-53)27-44-12-6-5-7-13-44/h5-9,12-15,18-23,26,33-35,41-43,53-63,106-107H,4,10-11,16-17,24-25,27-32,36-40H2,1-3H3,(H2,80,108)(H,85,92)(H,86,93)(H,90,112)(H,91,111)(H,94,110)(H,95,109)(H,96,115)(H,97,117)(H,98,119)(H,99,113)(H,100,116)(H,101,114)(H,102,120)(H,103,118)(H4,81,82,88)(H4,83,84,89)/t53-,54+,55+,56-,57+,58+,59+,60+,61+,62+,63+/m1/s1. The van der Waals surface area contributed by atoms with Gasteiger partial charge in [0.05, 0.1) is 55.8 Å². The summed E-state index contributed by atoms with van der Waals surface area (Å²) in [6.45, 7) is -1.21. The maximum Gasteiger partial charge on any atom is 0.245 e. The second kappa shape index (κ2) is 47.0. The molecule has 0 saturated carbocycles. The highest BCUT2D eigenvalue weighted by Gasteiger charge is 2.39. The fraction of sp³-hybridized carbons (Fsp3) is 0.405. The summed E-state index contributed by atoms with van der Waals surface area (Å²) in [5, 5.41) is 74.7. The molecule has 4 heterocycles. The highest BCUT2D eigenvalue weighted by molar-refractivity contribution is 8.00. The second-order valence-corrected chi connectivity index (χ2v) is 29.9. The van der Waals surface area contributed by atoms with Gasteiger partial charge in [0, 0.05) is 95.7 Å². The fourth-order valence-electron chi connectivity index (χ4n) is 13.0. The van der Waals surface area contributed by atoms with E-state index in [1.54, 1.807) is 62.5 Å². The van der Waals surface area contributed by atoms with Crippen LogP contribution in [0.5, 0.6) is 5.75 Å². The van der Waals surface area contributed by atoms with Crippen LogP contribution in [0.15, 0.2) is 135 Å². The summed E-state index contributed by atoms with van der Waals surface area (Å²) in [4.78, 5) is 223. The van der Waals surface area contributed by atoms with Gasteiger partial charge in [-0.3, -0.25) is 77.9 Å². The average molecular weight is 1710 g/mol. The molecule has 0 radical (unpaired) electrons. The molecule has 4 aromatic carbocycles. The summed E-state index contributed by atoms with van der Waals surface area (Å²) in [6, 6.07) is 9.16. The number of hydrogen-bond acceptors (Lipinski definition) is 22. The Hall–Kier alpha value is -14.0. The van der Waals surface area contributed by atoms with Crippen LogP contribution in [0.4, 0.5) is 0 Å². The van der Waals surface area contributed by atoms with Gasteiger partial charge in [-0.15, -0.1) is 11.8 Å². The molecule has 1 saturated heterocycles. The minimum atomic E-state index is -1.85. The molecule has 0 bridgehead atoms. The topological polar surface area (TPSA) is 652 Å². The number of fused-ring (bicyclic) bond motifs is 1. The third-order valence-electron chi connectivity index (χ3n) is 19.6. The second-order valence-electron chi connectivity index (χ2n) is 28.8. The number of aromatic nitrogens is 6. The number of carbonyl (C=O) groups excluding carboxylic acids is 14. The number of phenolic OH excluding ortho intramolecular Hbond substituents is 1. The van der Waals surface area contributed by atoms with Crippen LogP contribution in [0, 0.1) is 10.8 Å². The summed E-state index contributed by atoms with van der Waals surface area (Å²) in [5.41, 5.74) is 18.9. The van der Waals surface area contributed by atoms with Crippen molar-refractivity contribution in [3.05, 3.63) is 168 Å². The number of benzene rings is 4. The van der Waals surface area contributed by atoms with E-state index in [1.165, 1.54) is 73.5 Å². The molecule has 8 rings (SSSR count). The number of nitrogens with one attached hydrogen (secondary N) is 18. The molecule has 26 N–H and O–H groups in total. The van der Waals surface area contributed by atoms with Gasteiger partial charge < -0.3 is 121 Å². The van der Waals surface area contributed by atoms with E-state index in [-0.39, 0.29) is 94.4 Å². The molecule has 14 amide bonds. The van der Waals surface area contributed by atoms with Crippen LogP contribution in [0.1, 0.15) is 72.8 Å². The van der Waals surface area contributed by atoms with Gasteiger partial charge in [0.25, 0.3) is 0 Å². The molecular formula is C79H104N26O16S. The maximum atomic E-state index is 15.4. The normalized spacial score (nSPS) is 21.7. The highest BCUT2D eigenvalue weighted by atomic mass is 32.2. The zero-order chi connectivity index (χ0) is 88.4. The van der Waals surface area contributed by atoms with Gasteiger partial charge in [-0.2, -0.15) is 0 Å². The SMILES string of the molecule is CC[C@H]1NC(=O)[C@@H](Cc2ccccc2)NC(=O)CSC[C@@H](C(=O)NCC(N)=O)NC(=O)[C@H](Cc2cncn2C)NC(=O)[C@H](CCCNC(=N)N)NC(=O)[C@H](Cc2c[nH]cn2)NC(=O)[C@H](Cc2ccc(O)cc2)N(C)C(=O)[C@H](CCCNC(=N)N)NC(=O)[C@H](CO)NC(=O)CNC(=O)[C@H](Cc2c[nH]cn2)NC(=O)[C@H](Cc2ccc3ccccc3c2)NC1=O. The molecule has 1 aliphatic heterocycles. The quantitative estimate of drug-likeness (QED) is 0.0144. The van der Waals surface area contributed by atoms with Gasteiger partial charge in [0.1, 0.15) is 72.2 Å². The number of aliphatic hydroxyl groups excluding tert-OH is 1. The van der Waals surface area contributed by atoms with Crippen molar-refractivity contribution in [2.24, 2.45) is 24.2 Å². The van der Waals surface area contributed by atoms with Crippen LogP contribution in [-0.4, -0.2) is 257 Å². The molecule has 0 aliphatic carbocycles. The van der Waals surface area contributed by atoms with Crippen LogP contribution in [0.2, 0.25) is 0 Å². The fourth-order valence-corrected chi connectivity index (χ4v) is 13.9. The van der Waals surface area contributed by atoms with Gasteiger partial charge in [-0.05, 0) is 71.7 Å². The number of carbonyl (C=O) groups is 14. The Bertz CT molecular complexity index is 4790. The Morgan fingerprint density at radius 2 is 1.02 bits per heavy atom. The van der Waals surface area contributed by atoms with E-state index >= 15 is 28.8 Å². The number of nitrogens with zero attached hydrogens (tertiary/aromatic N) is 5. The summed E-state index contributed by atoms with van der Waals surface area (Å²) in [6.07, 6.45) is 5.91. The van der Waals surface area contributed by atoms with Gasteiger partial charge in [-0.25, -0.2) is 15.0 Å². The van der Waals surface area contributed by atoms with Crippen molar-refractivity contribution in [3.63, 3.8) is 0 Å². The lowest BCUT2D eigenvalue weighted by atomic mass is 10.00. The van der Waals surface area contributed by atoms with Gasteiger partial charge in [0.15, 0.2) is 11.9 Å². The first kappa shape index (κ1) is 93.5. The third kappa shape index (κ3) is 29.8. The number of phenols is 1. The molecule has 42 nitrogen and oxygen atoms in total. The van der Waals surface area contributed by atoms with Crippen molar-refractivity contribution in [2.45, 2.75) is 144 Å². The number of aryl methyl sites for hydroxylation is 1. The van der Waals surface area contributed by atoms with Crippen LogP contribution in [-0.2, 0) is 113 Å². The molecule has 11 atom stereocenters. The number of H-pyrrole nitrogens is 2. The van der Waals surface area contributed by atoms with Crippen LogP contribution in [0.25, 0.3) is 10.8 Å². The Kier molecular flexibility index (Phi) is 36.0. The van der Waals surface area contributed by atoms with Crippen LogP contribution >= 0.6 is 11.8 Å². The van der Waals surface area contributed by atoms with Crippen LogP contribution in [0.3, 0.4) is 0 Å². The van der Waals surface area contributed by atoms with E-state index < -0.39 is 199 Å². The molecule has 3 aromatic heterocycles. The first-order valence-corrected chi connectivity index (χ1v) is 40.3. The molecule has 1 fully saturated rings. The number of aromatic hydroxyl groups is 1. The molecular weight excluding hydrogens is 1600 g/mol. The van der Waals surface area contributed by atoms with Crippen LogP contribution < -0.4 is 91.6 Å². The van der Waals surface area contributed by atoms with E-state index in [2.05, 4.69) is 99.4 Å². The van der Waals surface area contributed by atoms with Gasteiger partial charge in [-0.1, -0.05) is 91.9 Å². The van der Waals surface area contributed by atoms with Crippen molar-refractivity contribution in [1.82, 2.24) is 109 Å². The lowest BCUT2D eigenvalue weighted by Crippen LogP contribution is -2.61. The lowest BCUT2D eigenvalue weighted by molar-refractivity contribution is -0.143. The van der Waals surface area contributed by atoms with E-state index in [0.717, 1.165) is 27.4 Å². The van der Waals surface area contributed by atoms with E-state index in [1.807, 2.05) is 24.3 Å². The summed E-state index contributed by atoms with van der Waals surface area (Å²) in [5.74, 6) is -15.6. The summed E-state index contributed by atoms with van der Waals surface area (Å²) < 4.78 is 1.53. The number of aliphatic hydroxyl groups is 1. The molecule has 7 aromatic rings. The zero-order valence-electron chi connectivity index (χ0n) is 67.3. The van der Waals surface area contributed by atoms with Crippen molar-refractivity contribution in [1.29, 1.82) is 10.8 Å². The predicted octanol–water partition coefficient (Wildman–Crippen LogP) is -5.45. The van der Waals surface area contributed by atoms with Crippen molar-refractivity contribution >= 4 is 117 Å². The smallest absolute Gasteiger partial charge is 0.245 e. The average Bonchev–Trinajstić information content (AvgIpc) is 1.23. The van der Waals surface area contributed by atoms with Crippen molar-refractivity contribution in [3.8, 4) is 5.75 Å². The number of nitrogens with two attached hydrogens (primary N) is 3. The summed E-state index contributed by atoms with van der Waals surface area (Å²) >= 11 is 0.797. The number of thioether (sulfide) groups is 1. The Labute approximate surface area is 704 Å². The minimum Gasteiger partial charge on any atom is -0.508 e. The highest BCUT2D eigenvalue weighted by Crippen LogP contribution is 2.21. The number of guanidine groups is 2. The first-order chi connectivity index (χ1) is 58.4. The third-order valence-corrected chi connectivity index (χ3v) is 20.6. The molecule has 43 heteroatoms. The number of hydrogen-bond donors (Lipinski definition) is 23. The maximum absolute atomic E-state index is 15.4. The number of imidazole rings is 3. The Morgan fingerprint density at radius 1 is 0.525 bits per heavy atom. The van der Waals surface area contributed by atoms with Crippen molar-refractivity contribution in [2.75, 3.05) is 51.3 Å². The summed E-state index contributed by atoms with van der Waals surface area (Å²) in [7, 11) is 2.81. The Morgan fingerprint density at radius 3 is 1.60 bits per heavy atom. The number of aromatic amines is 2. The number of amides is 14. The van der Waals surface area contributed by atoms with E-state index in [9.17, 15) is 48.6 Å².